The quantitative estimate of drug-likeness (QED) is 0.109. The average molecular weight is 828 g/mol. The maximum Gasteiger partial charge on any atom is 0.530 e. The number of phosphoric ester groups is 1. The highest BCUT2D eigenvalue weighted by Crippen LogP contribution is 2.53. The minimum Gasteiger partial charge on any atom is -0.497 e. The number of rotatable bonds is 16. The third kappa shape index (κ3) is 13.0. The molecule has 1 unspecified atom stereocenters. The number of aliphatic carboxylic acids is 1. The highest BCUT2D eigenvalue weighted by atomic mass is 32.2. The van der Waals surface area contributed by atoms with E-state index in [1.54, 1.807) is 18.4 Å². The van der Waals surface area contributed by atoms with Crippen LogP contribution in [0.2, 0.25) is 18.1 Å². The van der Waals surface area contributed by atoms with E-state index in [0.29, 0.717) is 16.4 Å². The summed E-state index contributed by atoms with van der Waals surface area (Å²) in [5.74, 6) is -2.48. The van der Waals surface area contributed by atoms with E-state index >= 15 is 0 Å². The van der Waals surface area contributed by atoms with Gasteiger partial charge in [0.15, 0.2) is 14.9 Å². The Kier molecular flexibility index (Phi) is 16.2. The van der Waals surface area contributed by atoms with Crippen molar-refractivity contribution in [1.82, 2.24) is 9.80 Å². The number of carboxylic acids is 1. The molecule has 0 aromatic heterocycles. The molecule has 0 bridgehead atoms. The minimum atomic E-state index is -4.28. The van der Waals surface area contributed by atoms with Gasteiger partial charge in [-0.25, -0.2) is 28.6 Å². The highest BCUT2D eigenvalue weighted by Gasteiger charge is 2.43. The summed E-state index contributed by atoms with van der Waals surface area (Å²) in [7, 11) is -2.08. The molecule has 1 heterocycles. The number of methoxy groups -OCH3 is 1. The zero-order valence-corrected chi connectivity index (χ0v) is 35.2. The molecule has 2 aromatic rings. The predicted octanol–water partition coefficient (Wildman–Crippen LogP) is 6.24. The Morgan fingerprint density at radius 2 is 1.67 bits per heavy atom. The Morgan fingerprint density at radius 1 is 1.04 bits per heavy atom. The number of carbonyl (C=O) groups excluding carboxylic acids is 4. The van der Waals surface area contributed by atoms with Crippen LogP contribution in [0.3, 0.4) is 0 Å². The van der Waals surface area contributed by atoms with Gasteiger partial charge in [-0.3, -0.25) is 13.8 Å². The fourth-order valence-electron chi connectivity index (χ4n) is 4.53. The lowest BCUT2D eigenvalue weighted by atomic mass is 10.1. The number of esters is 1. The normalized spacial score (nSPS) is 17.7. The number of carbonyl (C=O) groups is 5. The molecule has 4 amide bonds. The van der Waals surface area contributed by atoms with E-state index in [1.165, 1.54) is 68.2 Å². The second-order valence-electron chi connectivity index (χ2n) is 14.0. The summed E-state index contributed by atoms with van der Waals surface area (Å²) in [6.45, 7) is 8.93. The van der Waals surface area contributed by atoms with E-state index in [9.17, 15) is 33.6 Å². The Bertz CT molecular complexity index is 1730. The number of hydrogen-bond acceptors (Lipinski definition) is 14. The van der Waals surface area contributed by atoms with E-state index in [4.69, 9.17) is 32.2 Å². The number of amides is 4. The molecule has 1 atom stereocenters. The van der Waals surface area contributed by atoms with E-state index < -0.39 is 71.5 Å². The fourth-order valence-corrected chi connectivity index (χ4v) is 7.59. The van der Waals surface area contributed by atoms with Crippen molar-refractivity contribution in [3.05, 3.63) is 53.6 Å². The molecule has 55 heavy (non-hydrogen) atoms. The third-order valence-electron chi connectivity index (χ3n) is 8.72. The second-order valence-corrected chi connectivity index (χ2v) is 21.4. The molecule has 0 radical (unpaired) electrons. The van der Waals surface area contributed by atoms with Crippen molar-refractivity contribution in [2.24, 2.45) is 0 Å². The first-order chi connectivity index (χ1) is 25.7. The molecular formula is C35H50N3O14PSSi. The maximum atomic E-state index is 13.5. The molecule has 0 spiro atoms. The lowest BCUT2D eigenvalue weighted by molar-refractivity contribution is -0.141. The lowest BCUT2D eigenvalue weighted by Gasteiger charge is -2.40. The van der Waals surface area contributed by atoms with Crippen molar-refractivity contribution >= 4 is 63.6 Å². The number of urea groups is 1. The van der Waals surface area contributed by atoms with Crippen LogP contribution >= 0.6 is 19.6 Å². The Balaban J connectivity index is 1.85. The van der Waals surface area contributed by atoms with Gasteiger partial charge in [-0.1, -0.05) is 26.8 Å². The van der Waals surface area contributed by atoms with Gasteiger partial charge in [-0.15, -0.1) is 0 Å². The Hall–Kier alpha value is -4.13. The van der Waals surface area contributed by atoms with Crippen LogP contribution in [-0.4, -0.2) is 118 Å². The zero-order chi connectivity index (χ0) is 41.1. The highest BCUT2D eigenvalue weighted by molar-refractivity contribution is 7.98. The number of anilines is 1. The monoisotopic (exact) mass is 827 g/mol. The summed E-state index contributed by atoms with van der Waals surface area (Å²) in [5.41, 5.74) is 0.0944. The van der Waals surface area contributed by atoms with E-state index in [-0.39, 0.29) is 47.2 Å². The number of nitrogens with one attached hydrogen (secondary N) is 1. The molecule has 3 rings (SSSR count). The van der Waals surface area contributed by atoms with E-state index in [2.05, 4.69) is 39.2 Å². The van der Waals surface area contributed by atoms with Gasteiger partial charge in [0.25, 0.3) is 5.91 Å². The first-order valence-corrected chi connectivity index (χ1v) is 22.9. The summed E-state index contributed by atoms with van der Waals surface area (Å²) in [5, 5.41) is 12.4. The number of ether oxygens (including phenoxy) is 3. The van der Waals surface area contributed by atoms with Crippen molar-refractivity contribution in [3.63, 3.8) is 0 Å². The molecule has 1 fully saturated rings. The van der Waals surface area contributed by atoms with Gasteiger partial charge in [0, 0.05) is 19.8 Å². The summed E-state index contributed by atoms with van der Waals surface area (Å²) in [4.78, 5) is 66.3. The van der Waals surface area contributed by atoms with Crippen LogP contribution in [0.5, 0.6) is 11.5 Å². The van der Waals surface area contributed by atoms with Gasteiger partial charge in [-0.2, -0.15) is 11.8 Å². The molecule has 2 N–H and O–H groups in total. The summed E-state index contributed by atoms with van der Waals surface area (Å²) < 4.78 is 52.2. The largest absolute Gasteiger partial charge is 0.530 e. The number of hydrogen-bond donors (Lipinski definition) is 2. The van der Waals surface area contributed by atoms with Gasteiger partial charge >= 0.3 is 31.9 Å². The first-order valence-electron chi connectivity index (χ1n) is 17.1. The van der Waals surface area contributed by atoms with Crippen LogP contribution in [0.1, 0.15) is 43.1 Å². The van der Waals surface area contributed by atoms with E-state index in [1.807, 2.05) is 0 Å². The number of phosphoric acid groups is 1. The molecule has 0 aliphatic carbocycles. The molecule has 1 aliphatic rings. The molecule has 17 nitrogen and oxygen atoms in total. The standard InChI is InChI=1S/C35H50N3O14PSSi/c1-35(2,3)55(8,9)52-26-20-49-53(45,50-21-26)51-29-15-10-23(18-27(29)32(42)47-22-30(39)37(4)5)19-48-34(44)38(28(31(40)41)16-17-54-7)33(43)36-24-11-13-25(46-6)14-12-24/h10-15,18,26,28H,16-17,19-22H2,1-9H3,(H,36,43)(H,40,41). The maximum absolute atomic E-state index is 13.5. The smallest absolute Gasteiger partial charge is 0.497 e. The summed E-state index contributed by atoms with van der Waals surface area (Å²) in [6.07, 6.45) is -0.133. The van der Waals surface area contributed by atoms with Crippen LogP contribution in [0.15, 0.2) is 42.5 Å². The van der Waals surface area contributed by atoms with Gasteiger partial charge in [0.05, 0.1) is 26.4 Å². The molecule has 0 saturated carbocycles. The first kappa shape index (κ1) is 45.3. The Labute approximate surface area is 326 Å². The summed E-state index contributed by atoms with van der Waals surface area (Å²) >= 11 is 1.32. The summed E-state index contributed by atoms with van der Waals surface area (Å²) in [6, 6.07) is 7.31. The number of carboxylic acid groups (broad SMARTS) is 1. The molecule has 1 saturated heterocycles. The van der Waals surface area contributed by atoms with Gasteiger partial charge in [0.1, 0.15) is 29.7 Å². The number of imide groups is 1. The van der Waals surface area contributed by atoms with Gasteiger partial charge in [0.2, 0.25) is 0 Å². The van der Waals surface area contributed by atoms with Gasteiger partial charge < -0.3 is 38.5 Å². The third-order valence-corrected chi connectivity index (χ3v) is 15.2. The van der Waals surface area contributed by atoms with E-state index in [0.717, 1.165) is 0 Å². The van der Waals surface area contributed by atoms with Crippen molar-refractivity contribution in [2.45, 2.75) is 64.1 Å². The predicted molar refractivity (Wildman–Crippen MR) is 206 cm³/mol. The molecule has 20 heteroatoms. The van der Waals surface area contributed by atoms with Gasteiger partial charge in [-0.05, 0) is 78.5 Å². The van der Waals surface area contributed by atoms with Crippen LogP contribution < -0.4 is 14.6 Å². The SMILES string of the molecule is COc1ccc(NC(=O)N(C(=O)OCc2ccc(OP3(=O)OCC(O[Si](C)(C)C(C)(C)C)CO3)c(C(=O)OCC(=O)N(C)C)c2)C(CCSC)C(=O)O)cc1. The van der Waals surface area contributed by atoms with Crippen LogP contribution in [0, 0.1) is 0 Å². The number of thioether (sulfide) groups is 1. The van der Waals surface area contributed by atoms with Crippen LogP contribution in [0.25, 0.3) is 0 Å². The molecular weight excluding hydrogens is 778 g/mol. The fraction of sp³-hybridized carbons (Fsp3) is 0.514. The minimum absolute atomic E-state index is 0.0807. The second kappa shape index (κ2) is 19.6. The van der Waals surface area contributed by atoms with Crippen LogP contribution in [0.4, 0.5) is 15.3 Å². The molecule has 304 valence electrons. The number of likely N-dealkylation sites (N-methyl/N-ethyl adjacent to an activating group) is 1. The molecule has 1 aliphatic heterocycles. The van der Waals surface area contributed by atoms with Crippen molar-refractivity contribution in [3.8, 4) is 11.5 Å². The molecule has 2 aromatic carbocycles. The topological polar surface area (TPSA) is 206 Å². The Morgan fingerprint density at radius 3 is 2.22 bits per heavy atom. The van der Waals surface area contributed by atoms with Crippen LogP contribution in [-0.2, 0) is 43.7 Å². The van der Waals surface area contributed by atoms with Crippen molar-refractivity contribution < 1.29 is 65.9 Å². The van der Waals surface area contributed by atoms with Crippen molar-refractivity contribution in [2.75, 3.05) is 58.4 Å². The van der Waals surface area contributed by atoms with Crippen molar-refractivity contribution in [1.29, 1.82) is 0 Å². The zero-order valence-electron chi connectivity index (χ0n) is 32.4. The lowest BCUT2D eigenvalue weighted by Crippen LogP contribution is -2.51. The number of benzene rings is 2. The average Bonchev–Trinajstić information content (AvgIpc) is 3.12. The number of nitrogens with zero attached hydrogens (tertiary/aromatic N) is 2.